The Morgan fingerprint density at radius 3 is 2.23 bits per heavy atom. The Balaban J connectivity index is 1.63. The van der Waals surface area contributed by atoms with Crippen LogP contribution in [0.1, 0.15) is 37.7 Å². The van der Waals surface area contributed by atoms with Gasteiger partial charge in [-0.15, -0.1) is 0 Å². The molecule has 2 aliphatic rings. The van der Waals surface area contributed by atoms with Gasteiger partial charge in [0, 0.05) is 19.6 Å². The van der Waals surface area contributed by atoms with Gasteiger partial charge in [-0.3, -0.25) is 9.69 Å². The first-order chi connectivity index (χ1) is 12.4. The van der Waals surface area contributed by atoms with Gasteiger partial charge in [-0.1, -0.05) is 36.8 Å². The summed E-state index contributed by atoms with van der Waals surface area (Å²) in [5.74, 6) is -0.325. The molecule has 0 radical (unpaired) electrons. The van der Waals surface area contributed by atoms with E-state index >= 15 is 0 Å². The molecular formula is C18H28N4O3S. The van der Waals surface area contributed by atoms with Gasteiger partial charge in [0.1, 0.15) is 5.54 Å². The fourth-order valence-corrected chi connectivity index (χ4v) is 5.19. The molecule has 8 heteroatoms. The average molecular weight is 381 g/mol. The third kappa shape index (κ3) is 4.09. The van der Waals surface area contributed by atoms with E-state index in [-0.39, 0.29) is 12.5 Å². The number of likely N-dealkylation sites (tertiary alicyclic amines) is 1. The molecule has 0 bridgehead atoms. The van der Waals surface area contributed by atoms with Crippen molar-refractivity contribution in [3.8, 4) is 0 Å². The van der Waals surface area contributed by atoms with Crippen LogP contribution >= 0.6 is 0 Å². The summed E-state index contributed by atoms with van der Waals surface area (Å²) in [6.45, 7) is 2.60. The largest absolute Gasteiger partial charge is 0.368 e. The second-order valence-corrected chi connectivity index (χ2v) is 8.91. The van der Waals surface area contributed by atoms with Gasteiger partial charge in [0.25, 0.3) is 10.2 Å². The number of benzene rings is 1. The molecule has 2 saturated heterocycles. The monoisotopic (exact) mass is 380 g/mol. The zero-order chi connectivity index (χ0) is 18.6. The van der Waals surface area contributed by atoms with Crippen molar-refractivity contribution >= 4 is 16.1 Å². The van der Waals surface area contributed by atoms with E-state index in [9.17, 15) is 13.2 Å². The smallest absolute Gasteiger partial charge is 0.279 e. The lowest BCUT2D eigenvalue weighted by atomic mass is 9.84. The molecular weight excluding hydrogens is 352 g/mol. The molecule has 144 valence electrons. The topological polar surface area (TPSA) is 95.7 Å². The summed E-state index contributed by atoms with van der Waals surface area (Å²) >= 11 is 0. The molecule has 2 aliphatic heterocycles. The zero-order valence-electron chi connectivity index (χ0n) is 15.1. The van der Waals surface area contributed by atoms with E-state index < -0.39 is 15.7 Å². The molecule has 0 atom stereocenters. The highest BCUT2D eigenvalue weighted by atomic mass is 32.2. The first-order valence-corrected chi connectivity index (χ1v) is 10.7. The van der Waals surface area contributed by atoms with Gasteiger partial charge in [-0.05, 0) is 44.3 Å². The van der Waals surface area contributed by atoms with Gasteiger partial charge in [-0.2, -0.15) is 17.4 Å². The second-order valence-electron chi connectivity index (χ2n) is 7.15. The first-order valence-electron chi connectivity index (χ1n) is 9.28. The fourth-order valence-electron chi connectivity index (χ4n) is 4.00. The van der Waals surface area contributed by atoms with E-state index in [2.05, 4.69) is 9.62 Å². The van der Waals surface area contributed by atoms with Crippen molar-refractivity contribution in [3.63, 3.8) is 0 Å². The van der Waals surface area contributed by atoms with E-state index in [0.717, 1.165) is 31.5 Å². The average Bonchev–Trinajstić information content (AvgIpc) is 2.68. The molecule has 3 rings (SSSR count). The minimum atomic E-state index is -3.58. The molecule has 0 unspecified atom stereocenters. The summed E-state index contributed by atoms with van der Waals surface area (Å²) in [5, 5.41) is 0. The number of nitrogens with zero attached hydrogens (tertiary/aromatic N) is 2. The highest BCUT2D eigenvalue weighted by Gasteiger charge is 2.46. The Hall–Kier alpha value is -1.48. The van der Waals surface area contributed by atoms with E-state index in [1.807, 2.05) is 30.3 Å². The van der Waals surface area contributed by atoms with E-state index in [1.54, 1.807) is 0 Å². The van der Waals surface area contributed by atoms with Crippen LogP contribution in [0.4, 0.5) is 0 Å². The number of carbonyl (C=O) groups is 1. The molecule has 7 nitrogen and oxygen atoms in total. The van der Waals surface area contributed by atoms with E-state index in [0.29, 0.717) is 25.9 Å². The maximum absolute atomic E-state index is 12.6. The van der Waals surface area contributed by atoms with E-state index in [4.69, 9.17) is 5.73 Å². The minimum absolute atomic E-state index is 0.257. The third-order valence-corrected chi connectivity index (χ3v) is 7.17. The maximum atomic E-state index is 12.6. The van der Waals surface area contributed by atoms with Crippen LogP contribution in [0.15, 0.2) is 30.3 Å². The van der Waals surface area contributed by atoms with Crippen molar-refractivity contribution in [3.05, 3.63) is 35.9 Å². The lowest BCUT2D eigenvalue weighted by Crippen LogP contribution is -2.64. The quantitative estimate of drug-likeness (QED) is 0.764. The van der Waals surface area contributed by atoms with Crippen molar-refractivity contribution in [1.82, 2.24) is 13.9 Å². The zero-order valence-corrected chi connectivity index (χ0v) is 15.9. The Morgan fingerprint density at radius 1 is 1.04 bits per heavy atom. The second kappa shape index (κ2) is 8.04. The number of hydrogen-bond acceptors (Lipinski definition) is 4. The Bertz CT molecular complexity index is 709. The van der Waals surface area contributed by atoms with Crippen LogP contribution < -0.4 is 10.5 Å². The number of nitrogens with two attached hydrogens (primary N) is 1. The summed E-state index contributed by atoms with van der Waals surface area (Å²) in [4.78, 5) is 14.4. The molecule has 1 aromatic rings. The predicted octanol–water partition coefficient (Wildman–Crippen LogP) is 0.827. The van der Waals surface area contributed by atoms with Crippen LogP contribution in [-0.4, -0.2) is 55.2 Å². The molecule has 26 heavy (non-hydrogen) atoms. The Kier molecular flexibility index (Phi) is 5.96. The third-order valence-electron chi connectivity index (χ3n) is 5.61. The number of rotatable bonds is 6. The highest BCUT2D eigenvalue weighted by Crippen LogP contribution is 2.32. The predicted molar refractivity (Wildman–Crippen MR) is 100 cm³/mol. The highest BCUT2D eigenvalue weighted by molar-refractivity contribution is 7.87. The lowest BCUT2D eigenvalue weighted by molar-refractivity contribution is -0.134. The Morgan fingerprint density at radius 2 is 1.65 bits per heavy atom. The lowest BCUT2D eigenvalue weighted by Gasteiger charge is -2.47. The number of nitrogens with one attached hydrogen (secondary N) is 1. The molecule has 0 aliphatic carbocycles. The van der Waals surface area contributed by atoms with Crippen molar-refractivity contribution in [2.45, 2.75) is 44.2 Å². The van der Waals surface area contributed by atoms with Crippen molar-refractivity contribution in [2.24, 2.45) is 5.73 Å². The summed E-state index contributed by atoms with van der Waals surface area (Å²) in [6, 6.07) is 9.42. The summed E-state index contributed by atoms with van der Waals surface area (Å²) < 4.78 is 29.3. The van der Waals surface area contributed by atoms with Gasteiger partial charge in [0.2, 0.25) is 5.91 Å². The molecule has 2 fully saturated rings. The van der Waals surface area contributed by atoms with Crippen LogP contribution in [0.25, 0.3) is 0 Å². The minimum Gasteiger partial charge on any atom is -0.368 e. The summed E-state index contributed by atoms with van der Waals surface area (Å²) in [6.07, 6.45) is 4.21. The number of carbonyl (C=O) groups excluding carboxylic acids is 1. The molecule has 1 aromatic carbocycles. The van der Waals surface area contributed by atoms with Gasteiger partial charge in [0.15, 0.2) is 0 Å². The number of primary amides is 1. The molecule has 0 spiro atoms. The van der Waals surface area contributed by atoms with Crippen LogP contribution in [-0.2, 0) is 21.5 Å². The summed E-state index contributed by atoms with van der Waals surface area (Å²) in [5.41, 5.74) is 5.97. The van der Waals surface area contributed by atoms with Gasteiger partial charge in [0.05, 0.1) is 0 Å². The van der Waals surface area contributed by atoms with Crippen molar-refractivity contribution < 1.29 is 13.2 Å². The number of amides is 1. The maximum Gasteiger partial charge on any atom is 0.279 e. The normalized spacial score (nSPS) is 22.2. The van der Waals surface area contributed by atoms with Gasteiger partial charge in [-0.25, -0.2) is 0 Å². The van der Waals surface area contributed by atoms with Crippen LogP contribution in [0.5, 0.6) is 0 Å². The summed E-state index contributed by atoms with van der Waals surface area (Å²) in [7, 11) is -3.58. The van der Waals surface area contributed by atoms with Crippen LogP contribution in [0.3, 0.4) is 0 Å². The molecule has 1 amide bonds. The molecule has 0 saturated carbocycles. The Labute approximate surface area is 155 Å². The van der Waals surface area contributed by atoms with Gasteiger partial charge >= 0.3 is 0 Å². The standard InChI is InChI=1S/C18H28N4O3S/c19-17(23)18(21-11-5-2-6-12-21)9-13-22(14-10-18)26(24,25)20-15-16-7-3-1-4-8-16/h1,3-4,7-8,20H,2,5-6,9-15H2,(H2,19,23). The van der Waals surface area contributed by atoms with Crippen molar-refractivity contribution in [1.29, 1.82) is 0 Å². The van der Waals surface area contributed by atoms with Crippen LogP contribution in [0, 0.1) is 0 Å². The SMILES string of the molecule is NC(=O)C1(N2CCCCC2)CCN(S(=O)(=O)NCc2ccccc2)CC1. The molecule has 2 heterocycles. The van der Waals surface area contributed by atoms with E-state index in [1.165, 1.54) is 10.7 Å². The molecule has 3 N–H and O–H groups in total. The number of hydrogen-bond donors (Lipinski definition) is 2. The number of piperidine rings is 2. The van der Waals surface area contributed by atoms with Gasteiger partial charge < -0.3 is 5.73 Å². The first kappa shape index (κ1) is 19.3. The fraction of sp³-hybridized carbons (Fsp3) is 0.611. The van der Waals surface area contributed by atoms with Crippen LogP contribution in [0.2, 0.25) is 0 Å². The molecule has 0 aromatic heterocycles. The van der Waals surface area contributed by atoms with Crippen molar-refractivity contribution in [2.75, 3.05) is 26.2 Å².